The fourth-order valence-electron chi connectivity index (χ4n) is 1.85. The highest BCUT2D eigenvalue weighted by molar-refractivity contribution is 8.24. The van der Waals surface area contributed by atoms with Gasteiger partial charge in [-0.3, -0.25) is 14.5 Å². The Kier molecular flexibility index (Phi) is 5.39. The zero-order valence-electron chi connectivity index (χ0n) is 10.0. The smallest absolute Gasteiger partial charge is 0.323 e. The summed E-state index contributed by atoms with van der Waals surface area (Å²) in [5.41, 5.74) is 0. The molecule has 0 radical (unpaired) electrons. The predicted octanol–water partition coefficient (Wildman–Crippen LogP) is 2.13. The van der Waals surface area contributed by atoms with Gasteiger partial charge in [0, 0.05) is 0 Å². The van der Waals surface area contributed by atoms with E-state index in [1.807, 2.05) is 0 Å². The molecule has 0 bridgehead atoms. The number of hydrogen-bond acceptors (Lipinski definition) is 4. The molecule has 0 aromatic carbocycles. The van der Waals surface area contributed by atoms with Crippen molar-refractivity contribution in [2.45, 2.75) is 38.4 Å². The van der Waals surface area contributed by atoms with E-state index in [4.69, 9.17) is 17.3 Å². The van der Waals surface area contributed by atoms with Gasteiger partial charge in [-0.2, -0.15) is 0 Å². The van der Waals surface area contributed by atoms with Gasteiger partial charge in [0.1, 0.15) is 10.9 Å². The highest BCUT2D eigenvalue weighted by atomic mass is 32.2. The normalized spacial score (nSPS) is 20.4. The summed E-state index contributed by atoms with van der Waals surface area (Å²) in [6.07, 6.45) is 2.85. The van der Waals surface area contributed by atoms with Gasteiger partial charge in [-0.25, -0.2) is 0 Å². The van der Waals surface area contributed by atoms with E-state index in [1.54, 1.807) is 0 Å². The van der Waals surface area contributed by atoms with E-state index in [2.05, 4.69) is 13.8 Å². The van der Waals surface area contributed by atoms with Crippen molar-refractivity contribution < 1.29 is 14.7 Å². The maximum Gasteiger partial charge on any atom is 0.323 e. The predicted molar refractivity (Wildman–Crippen MR) is 72.0 cm³/mol. The maximum atomic E-state index is 12.0. The lowest BCUT2D eigenvalue weighted by molar-refractivity contribution is -0.141. The van der Waals surface area contributed by atoms with Crippen LogP contribution in [0.15, 0.2) is 0 Å². The van der Waals surface area contributed by atoms with Crippen molar-refractivity contribution in [2.24, 2.45) is 5.92 Å². The van der Waals surface area contributed by atoms with E-state index in [-0.39, 0.29) is 17.7 Å². The molecule has 17 heavy (non-hydrogen) atoms. The molecule has 0 spiro atoms. The first-order valence-corrected chi connectivity index (χ1v) is 7.02. The first-order chi connectivity index (χ1) is 7.99. The minimum Gasteiger partial charge on any atom is -0.480 e. The lowest BCUT2D eigenvalue weighted by Gasteiger charge is -2.16. The fourth-order valence-corrected chi connectivity index (χ4v) is 3.48. The van der Waals surface area contributed by atoms with Gasteiger partial charge in [0.15, 0.2) is 0 Å². The van der Waals surface area contributed by atoms with Crippen molar-refractivity contribution in [3.63, 3.8) is 0 Å². The van der Waals surface area contributed by atoms with Gasteiger partial charge in [-0.1, -0.05) is 50.7 Å². The highest BCUT2D eigenvalue weighted by Gasteiger charge is 2.38. The standard InChI is InChI=1S/C11H17NO3S2/c1-3-7(4-2)5-8-10(15)12(6-9(13)14)11(16)17-8/h7-8H,3-6H2,1-2H3,(H,13,14). The first-order valence-electron chi connectivity index (χ1n) is 5.73. The van der Waals surface area contributed by atoms with E-state index >= 15 is 0 Å². The number of carboxylic acid groups (broad SMARTS) is 1. The van der Waals surface area contributed by atoms with Gasteiger partial charge < -0.3 is 5.11 Å². The molecule has 1 amide bonds. The SMILES string of the molecule is CCC(CC)CC1SC(=S)N(CC(=O)O)C1=O. The Morgan fingerprint density at radius 3 is 2.59 bits per heavy atom. The molecule has 1 fully saturated rings. The molecule has 1 aliphatic rings. The molecule has 1 saturated heterocycles. The number of carbonyl (C=O) groups excluding carboxylic acids is 1. The molecule has 1 rings (SSSR count). The van der Waals surface area contributed by atoms with E-state index in [9.17, 15) is 9.59 Å². The third-order valence-electron chi connectivity index (χ3n) is 3.00. The quantitative estimate of drug-likeness (QED) is 0.753. The highest BCUT2D eigenvalue weighted by Crippen LogP contribution is 2.33. The number of carboxylic acids is 1. The molecule has 4 nitrogen and oxygen atoms in total. The average molecular weight is 275 g/mol. The molecular weight excluding hydrogens is 258 g/mol. The van der Waals surface area contributed by atoms with Crippen LogP contribution in [0.3, 0.4) is 0 Å². The molecule has 0 aliphatic carbocycles. The van der Waals surface area contributed by atoms with Crippen LogP contribution < -0.4 is 0 Å². The maximum absolute atomic E-state index is 12.0. The molecule has 0 aromatic rings. The Hall–Kier alpha value is -0.620. The minimum atomic E-state index is -1.02. The van der Waals surface area contributed by atoms with Crippen LogP contribution in [0, 0.1) is 5.92 Å². The van der Waals surface area contributed by atoms with Crippen molar-refractivity contribution in [1.82, 2.24) is 4.90 Å². The van der Waals surface area contributed by atoms with Gasteiger partial charge >= 0.3 is 5.97 Å². The summed E-state index contributed by atoms with van der Waals surface area (Å²) in [4.78, 5) is 23.8. The first kappa shape index (κ1) is 14.4. The molecule has 1 heterocycles. The number of thiocarbonyl (C=S) groups is 1. The lowest BCUT2D eigenvalue weighted by Crippen LogP contribution is -2.36. The summed E-state index contributed by atoms with van der Waals surface area (Å²) < 4.78 is 0.397. The van der Waals surface area contributed by atoms with E-state index in [0.29, 0.717) is 10.2 Å². The Morgan fingerprint density at radius 2 is 2.12 bits per heavy atom. The summed E-state index contributed by atoms with van der Waals surface area (Å²) in [6, 6.07) is 0. The second-order valence-electron chi connectivity index (χ2n) is 4.11. The number of carbonyl (C=O) groups is 2. The molecule has 6 heteroatoms. The minimum absolute atomic E-state index is 0.144. The van der Waals surface area contributed by atoms with Crippen molar-refractivity contribution in [1.29, 1.82) is 0 Å². The van der Waals surface area contributed by atoms with Crippen molar-refractivity contribution in [3.05, 3.63) is 0 Å². The average Bonchev–Trinajstić information content (AvgIpc) is 2.53. The summed E-state index contributed by atoms with van der Waals surface area (Å²) in [5, 5.41) is 8.52. The van der Waals surface area contributed by atoms with Crippen LogP contribution in [0.2, 0.25) is 0 Å². The van der Waals surface area contributed by atoms with E-state index in [0.717, 1.165) is 19.3 Å². The van der Waals surface area contributed by atoms with Gasteiger partial charge in [0.25, 0.3) is 0 Å². The number of nitrogens with zero attached hydrogens (tertiary/aromatic N) is 1. The lowest BCUT2D eigenvalue weighted by atomic mass is 9.97. The van der Waals surface area contributed by atoms with E-state index < -0.39 is 5.97 Å². The molecule has 0 saturated carbocycles. The number of aliphatic carboxylic acids is 1. The third-order valence-corrected chi connectivity index (χ3v) is 4.61. The number of hydrogen-bond donors (Lipinski definition) is 1. The van der Waals surface area contributed by atoms with Crippen LogP contribution in [0.25, 0.3) is 0 Å². The van der Waals surface area contributed by atoms with Crippen LogP contribution >= 0.6 is 24.0 Å². The molecular formula is C11H17NO3S2. The molecule has 1 aliphatic heterocycles. The molecule has 0 aromatic heterocycles. The zero-order chi connectivity index (χ0) is 13.0. The van der Waals surface area contributed by atoms with Crippen LogP contribution in [0.1, 0.15) is 33.1 Å². The largest absolute Gasteiger partial charge is 0.480 e. The third kappa shape index (κ3) is 3.67. The molecule has 1 atom stereocenters. The number of thioether (sulfide) groups is 1. The monoisotopic (exact) mass is 275 g/mol. The van der Waals surface area contributed by atoms with Gasteiger partial charge in [-0.05, 0) is 12.3 Å². The Balaban J connectivity index is 2.64. The zero-order valence-corrected chi connectivity index (χ0v) is 11.6. The van der Waals surface area contributed by atoms with Crippen molar-refractivity contribution in [2.75, 3.05) is 6.54 Å². The van der Waals surface area contributed by atoms with E-state index in [1.165, 1.54) is 16.7 Å². The van der Waals surface area contributed by atoms with Crippen LogP contribution in [0.5, 0.6) is 0 Å². The topological polar surface area (TPSA) is 57.6 Å². The number of amides is 1. The van der Waals surface area contributed by atoms with Crippen molar-refractivity contribution >= 4 is 40.2 Å². The Labute approximate surface area is 111 Å². The second-order valence-corrected chi connectivity index (χ2v) is 5.95. The number of rotatable bonds is 6. The van der Waals surface area contributed by atoms with Crippen LogP contribution in [0.4, 0.5) is 0 Å². The summed E-state index contributed by atoms with van der Waals surface area (Å²) in [5.74, 6) is -0.664. The summed E-state index contributed by atoms with van der Waals surface area (Å²) in [7, 11) is 0. The fraction of sp³-hybridized carbons (Fsp3) is 0.727. The summed E-state index contributed by atoms with van der Waals surface area (Å²) in [6.45, 7) is 3.89. The van der Waals surface area contributed by atoms with Crippen LogP contribution in [-0.4, -0.2) is 38.0 Å². The molecule has 1 unspecified atom stereocenters. The van der Waals surface area contributed by atoms with Crippen LogP contribution in [-0.2, 0) is 9.59 Å². The Morgan fingerprint density at radius 1 is 1.53 bits per heavy atom. The Bertz CT molecular complexity index is 329. The molecule has 96 valence electrons. The van der Waals surface area contributed by atoms with Crippen molar-refractivity contribution in [3.8, 4) is 0 Å². The summed E-state index contributed by atoms with van der Waals surface area (Å²) >= 11 is 6.37. The molecule has 1 N–H and O–H groups in total. The van der Waals surface area contributed by atoms with Gasteiger partial charge in [0.2, 0.25) is 5.91 Å². The van der Waals surface area contributed by atoms with Gasteiger partial charge in [-0.15, -0.1) is 0 Å². The van der Waals surface area contributed by atoms with Gasteiger partial charge in [0.05, 0.1) is 5.25 Å². The second kappa shape index (κ2) is 6.35.